The summed E-state index contributed by atoms with van der Waals surface area (Å²) in [6, 6.07) is 21.1. The van der Waals surface area contributed by atoms with E-state index >= 15 is 0 Å². The summed E-state index contributed by atoms with van der Waals surface area (Å²) in [5, 5.41) is 15.5. The van der Waals surface area contributed by atoms with Crippen LogP contribution in [0.4, 0.5) is 9.18 Å². The molecular weight excluding hydrogens is 637 g/mol. The van der Waals surface area contributed by atoms with Gasteiger partial charge in [0.25, 0.3) is 5.91 Å². The molecule has 2 atom stereocenters. The Morgan fingerprint density at radius 2 is 1.65 bits per heavy atom. The van der Waals surface area contributed by atoms with Crippen molar-refractivity contribution in [3.63, 3.8) is 0 Å². The predicted octanol–water partition coefficient (Wildman–Crippen LogP) is 5.20. The topological polar surface area (TPSA) is 134 Å². The molecule has 0 radical (unpaired) electrons. The first-order valence-corrected chi connectivity index (χ1v) is 16.5. The van der Waals surface area contributed by atoms with E-state index in [0.717, 1.165) is 6.07 Å². The van der Waals surface area contributed by atoms with Crippen LogP contribution in [-0.4, -0.2) is 63.2 Å². The van der Waals surface area contributed by atoms with Crippen LogP contribution in [0.1, 0.15) is 50.0 Å². The number of carbonyl (C=O) groups is 4. The number of carbonyl (C=O) groups excluding carboxylic acids is 4. The van der Waals surface area contributed by atoms with Crippen molar-refractivity contribution in [3.8, 4) is 5.75 Å². The third-order valence-electron chi connectivity index (χ3n) is 8.06. The SMILES string of the molecule is CC(C)(C)OC(=O)N[C@@H]1C(=O)N2C(C(=O)OC(c3ccccc3)c3ccccc3)=C(C(=C3CCNC3=O)c3cccc(F)c3O)CS[C@H]12. The van der Waals surface area contributed by atoms with Crippen LogP contribution in [0.3, 0.4) is 0 Å². The predicted molar refractivity (Wildman–Crippen MR) is 177 cm³/mol. The van der Waals surface area contributed by atoms with Gasteiger partial charge >= 0.3 is 12.1 Å². The number of amides is 3. The number of fused-ring (bicyclic) bond motifs is 1. The van der Waals surface area contributed by atoms with Crippen molar-refractivity contribution in [2.24, 2.45) is 0 Å². The second-order valence-corrected chi connectivity index (χ2v) is 13.6. The number of nitrogens with zero attached hydrogens (tertiary/aromatic N) is 1. The molecule has 3 aromatic carbocycles. The van der Waals surface area contributed by atoms with Gasteiger partial charge in [0.15, 0.2) is 17.7 Å². The fourth-order valence-electron chi connectivity index (χ4n) is 5.97. The molecule has 3 aliphatic heterocycles. The van der Waals surface area contributed by atoms with Gasteiger partial charge in [0.1, 0.15) is 22.7 Å². The van der Waals surface area contributed by atoms with Crippen LogP contribution in [0.5, 0.6) is 5.75 Å². The monoisotopic (exact) mass is 671 g/mol. The summed E-state index contributed by atoms with van der Waals surface area (Å²) in [6.07, 6.45) is -1.43. The average molecular weight is 672 g/mol. The lowest BCUT2D eigenvalue weighted by Gasteiger charge is -2.50. The van der Waals surface area contributed by atoms with Crippen LogP contribution in [0, 0.1) is 5.82 Å². The smallest absolute Gasteiger partial charge is 0.408 e. The first-order valence-electron chi connectivity index (χ1n) is 15.4. The summed E-state index contributed by atoms with van der Waals surface area (Å²) < 4.78 is 26.4. The minimum Gasteiger partial charge on any atom is -0.504 e. The number of phenols is 1. The summed E-state index contributed by atoms with van der Waals surface area (Å²) in [5.41, 5.74) is 0.987. The Balaban J connectivity index is 1.49. The molecule has 0 spiro atoms. The zero-order valence-electron chi connectivity index (χ0n) is 26.5. The van der Waals surface area contributed by atoms with E-state index in [-0.39, 0.29) is 40.2 Å². The molecule has 12 heteroatoms. The standard InChI is InChI=1S/C36H34FN3O7S/c1-36(2,3)47-35(45)39-27-32(43)40-28(34(44)46-30(20-11-6-4-7-12-20)21-13-8-5-9-14-21)24(19-48-33(27)40)26(23-17-18-38-31(23)42)22-15-10-16-25(37)29(22)41/h4-16,27,30,33,41H,17-19H2,1-3H3,(H,38,42)(H,39,45)/t27-,33-/m1/s1. The Hall–Kier alpha value is -5.10. The Labute approximate surface area is 281 Å². The summed E-state index contributed by atoms with van der Waals surface area (Å²) in [4.78, 5) is 55.4. The van der Waals surface area contributed by atoms with Crippen molar-refractivity contribution in [1.29, 1.82) is 0 Å². The van der Waals surface area contributed by atoms with Crippen LogP contribution >= 0.6 is 11.8 Å². The van der Waals surface area contributed by atoms with Gasteiger partial charge in [0.05, 0.1) is 0 Å². The van der Waals surface area contributed by atoms with Crippen molar-refractivity contribution in [2.75, 3.05) is 12.3 Å². The van der Waals surface area contributed by atoms with E-state index in [1.165, 1.54) is 28.8 Å². The maximum atomic E-state index is 14.8. The highest BCUT2D eigenvalue weighted by Crippen LogP contribution is 2.48. The fraction of sp³-hybridized carbons (Fsp3) is 0.278. The first kappa shape index (κ1) is 32.8. The van der Waals surface area contributed by atoms with Crippen molar-refractivity contribution in [3.05, 3.63) is 118 Å². The second-order valence-electron chi connectivity index (χ2n) is 12.5. The molecule has 0 aromatic heterocycles. The van der Waals surface area contributed by atoms with Crippen LogP contribution in [0.25, 0.3) is 5.57 Å². The lowest BCUT2D eigenvalue weighted by atomic mass is 9.89. The van der Waals surface area contributed by atoms with E-state index in [1.807, 2.05) is 60.7 Å². The van der Waals surface area contributed by atoms with E-state index in [0.29, 0.717) is 17.7 Å². The highest BCUT2D eigenvalue weighted by atomic mass is 32.2. The molecule has 0 bridgehead atoms. The van der Waals surface area contributed by atoms with Crippen LogP contribution < -0.4 is 10.6 Å². The number of ether oxygens (including phenoxy) is 2. The number of esters is 1. The zero-order valence-corrected chi connectivity index (χ0v) is 27.3. The maximum Gasteiger partial charge on any atom is 0.408 e. The van der Waals surface area contributed by atoms with Crippen molar-refractivity contribution in [1.82, 2.24) is 15.5 Å². The minimum absolute atomic E-state index is 0.000436. The van der Waals surface area contributed by atoms with Gasteiger partial charge in [-0.05, 0) is 44.4 Å². The van der Waals surface area contributed by atoms with Gasteiger partial charge < -0.3 is 25.2 Å². The molecule has 0 aliphatic carbocycles. The first-order chi connectivity index (χ1) is 22.9. The van der Waals surface area contributed by atoms with E-state index in [2.05, 4.69) is 10.6 Å². The molecule has 2 fully saturated rings. The van der Waals surface area contributed by atoms with Crippen LogP contribution in [-0.2, 0) is 23.9 Å². The molecule has 6 rings (SSSR count). The van der Waals surface area contributed by atoms with Gasteiger partial charge in [-0.3, -0.25) is 14.5 Å². The number of thioether (sulfide) groups is 1. The van der Waals surface area contributed by atoms with Gasteiger partial charge in [0, 0.05) is 34.6 Å². The Kier molecular flexibility index (Phi) is 9.02. The molecule has 248 valence electrons. The van der Waals surface area contributed by atoms with Gasteiger partial charge in [-0.2, -0.15) is 0 Å². The number of aromatic hydroxyl groups is 1. The number of allylic oxidation sites excluding steroid dienone is 1. The van der Waals surface area contributed by atoms with Crippen molar-refractivity contribution >= 4 is 41.2 Å². The fourth-order valence-corrected chi connectivity index (χ4v) is 7.32. The number of halogens is 1. The number of nitrogens with one attached hydrogen (secondary N) is 2. The number of para-hydroxylation sites is 1. The number of phenolic OH excluding ortho intramolecular Hbond substituents is 1. The third kappa shape index (κ3) is 6.40. The molecular formula is C36H34FN3O7S. The number of hydrogen-bond donors (Lipinski definition) is 3. The molecule has 2 saturated heterocycles. The number of hydrogen-bond acceptors (Lipinski definition) is 8. The highest BCUT2D eigenvalue weighted by Gasteiger charge is 2.55. The van der Waals surface area contributed by atoms with E-state index in [9.17, 15) is 28.7 Å². The summed E-state index contributed by atoms with van der Waals surface area (Å²) >= 11 is 1.25. The number of β-lactam (4-membered cyclic amide) rings is 1. The van der Waals surface area contributed by atoms with Gasteiger partial charge in [-0.1, -0.05) is 72.8 Å². The van der Waals surface area contributed by atoms with Crippen molar-refractivity contribution in [2.45, 2.75) is 50.3 Å². The lowest BCUT2D eigenvalue weighted by molar-refractivity contribution is -0.153. The number of alkyl carbamates (subject to hydrolysis) is 1. The largest absolute Gasteiger partial charge is 0.504 e. The lowest BCUT2D eigenvalue weighted by Crippen LogP contribution is -2.70. The number of benzene rings is 3. The van der Waals surface area contributed by atoms with Gasteiger partial charge in [-0.25, -0.2) is 14.0 Å². The van der Waals surface area contributed by atoms with E-state index in [1.54, 1.807) is 20.8 Å². The molecule has 10 nitrogen and oxygen atoms in total. The van der Waals surface area contributed by atoms with Gasteiger partial charge in [0.2, 0.25) is 5.91 Å². The molecule has 3 aliphatic rings. The Morgan fingerprint density at radius 3 is 2.23 bits per heavy atom. The Bertz CT molecular complexity index is 1800. The molecule has 0 unspecified atom stereocenters. The molecule has 3 aromatic rings. The second kappa shape index (κ2) is 13.2. The minimum atomic E-state index is -1.01. The molecule has 3 N–H and O–H groups in total. The normalized spacial score (nSPS) is 20.1. The van der Waals surface area contributed by atoms with Crippen LogP contribution in [0.15, 0.2) is 95.7 Å². The highest BCUT2D eigenvalue weighted by molar-refractivity contribution is 8.00. The molecule has 0 saturated carbocycles. The van der Waals surface area contributed by atoms with Crippen LogP contribution in [0.2, 0.25) is 0 Å². The molecule has 3 amide bonds. The van der Waals surface area contributed by atoms with Crippen molar-refractivity contribution < 1.29 is 38.1 Å². The quantitative estimate of drug-likeness (QED) is 0.177. The van der Waals surface area contributed by atoms with Gasteiger partial charge in [-0.15, -0.1) is 11.8 Å². The summed E-state index contributed by atoms with van der Waals surface area (Å²) in [7, 11) is 0. The molecule has 48 heavy (non-hydrogen) atoms. The zero-order chi connectivity index (χ0) is 34.2. The maximum absolute atomic E-state index is 14.8. The third-order valence-corrected chi connectivity index (χ3v) is 9.34. The number of rotatable bonds is 7. The Morgan fingerprint density at radius 1 is 1.00 bits per heavy atom. The average Bonchev–Trinajstić information content (AvgIpc) is 3.49. The molecule has 3 heterocycles. The van der Waals surface area contributed by atoms with E-state index in [4.69, 9.17) is 9.47 Å². The summed E-state index contributed by atoms with van der Waals surface area (Å²) in [5.74, 6) is -3.45. The summed E-state index contributed by atoms with van der Waals surface area (Å²) in [6.45, 7) is 5.40. The van der Waals surface area contributed by atoms with E-state index < -0.39 is 58.6 Å².